The number of aromatic nitrogens is 2. The quantitative estimate of drug-likeness (QED) is 0.485. The van der Waals surface area contributed by atoms with Crippen LogP contribution in [-0.2, 0) is 16.4 Å². The summed E-state index contributed by atoms with van der Waals surface area (Å²) in [6, 6.07) is 12.6. The average Bonchev–Trinajstić information content (AvgIpc) is 3.18. The van der Waals surface area contributed by atoms with Crippen LogP contribution in [0.1, 0.15) is 16.1 Å². The molecule has 2 aromatic carbocycles. The number of fused-ring (bicyclic) bond motifs is 1. The monoisotopic (exact) mass is 443 g/mol. The standard InChI is InChI=1S/C21H15ClFN3O3S/c22-17-6-3-15(23)10-20(17)30(28,29)16-4-1-13(2-5-16)11-25-21(27)19-9-14-12-24-8-7-18(14)26-19/h1-10,12,26H,11H2,(H,25,27). The van der Waals surface area contributed by atoms with E-state index in [4.69, 9.17) is 11.6 Å². The van der Waals surface area contributed by atoms with Gasteiger partial charge in [-0.1, -0.05) is 23.7 Å². The minimum atomic E-state index is -3.97. The van der Waals surface area contributed by atoms with Gasteiger partial charge in [-0.2, -0.15) is 0 Å². The molecule has 2 heterocycles. The molecule has 0 saturated heterocycles. The summed E-state index contributed by atoms with van der Waals surface area (Å²) >= 11 is 5.93. The molecule has 30 heavy (non-hydrogen) atoms. The second-order valence-corrected chi connectivity index (χ2v) is 8.88. The number of aromatic amines is 1. The van der Waals surface area contributed by atoms with Crippen molar-refractivity contribution in [2.75, 3.05) is 0 Å². The number of hydrogen-bond acceptors (Lipinski definition) is 4. The topological polar surface area (TPSA) is 91.9 Å². The number of rotatable bonds is 5. The molecule has 4 aromatic rings. The minimum Gasteiger partial charge on any atom is -0.350 e. The number of carbonyl (C=O) groups is 1. The molecule has 0 atom stereocenters. The van der Waals surface area contributed by atoms with Gasteiger partial charge < -0.3 is 10.3 Å². The van der Waals surface area contributed by atoms with E-state index in [0.717, 1.165) is 23.0 Å². The van der Waals surface area contributed by atoms with Crippen LogP contribution in [-0.4, -0.2) is 24.3 Å². The number of halogens is 2. The third-order valence-corrected chi connectivity index (χ3v) is 6.79. The number of nitrogens with one attached hydrogen (secondary N) is 2. The van der Waals surface area contributed by atoms with Gasteiger partial charge in [0.05, 0.1) is 14.8 Å². The van der Waals surface area contributed by atoms with Crippen LogP contribution in [0.4, 0.5) is 4.39 Å². The molecule has 0 spiro atoms. The van der Waals surface area contributed by atoms with Crippen LogP contribution in [0.5, 0.6) is 0 Å². The average molecular weight is 444 g/mol. The van der Waals surface area contributed by atoms with Gasteiger partial charge in [0.25, 0.3) is 5.91 Å². The van der Waals surface area contributed by atoms with Crippen molar-refractivity contribution in [3.63, 3.8) is 0 Å². The van der Waals surface area contributed by atoms with Crippen molar-refractivity contribution in [3.8, 4) is 0 Å². The Hall–Kier alpha value is -3.23. The fourth-order valence-electron chi connectivity index (χ4n) is 2.97. The van der Waals surface area contributed by atoms with Crippen molar-refractivity contribution >= 4 is 38.2 Å². The molecule has 6 nitrogen and oxygen atoms in total. The van der Waals surface area contributed by atoms with E-state index < -0.39 is 15.7 Å². The lowest BCUT2D eigenvalue weighted by Gasteiger charge is -2.08. The van der Waals surface area contributed by atoms with Crippen molar-refractivity contribution in [1.82, 2.24) is 15.3 Å². The van der Waals surface area contributed by atoms with Crippen LogP contribution in [0.3, 0.4) is 0 Å². The summed E-state index contributed by atoms with van der Waals surface area (Å²) in [6.45, 7) is 0.202. The minimum absolute atomic E-state index is 0.0202. The van der Waals surface area contributed by atoms with Crippen LogP contribution in [0.25, 0.3) is 10.9 Å². The number of sulfone groups is 1. The molecule has 0 radical (unpaired) electrons. The van der Waals surface area contributed by atoms with Crippen LogP contribution in [0.15, 0.2) is 76.8 Å². The Bertz CT molecular complexity index is 1320. The Morgan fingerprint density at radius 3 is 2.60 bits per heavy atom. The van der Waals surface area contributed by atoms with E-state index in [1.165, 1.54) is 18.2 Å². The smallest absolute Gasteiger partial charge is 0.267 e. The lowest BCUT2D eigenvalue weighted by atomic mass is 10.2. The lowest BCUT2D eigenvalue weighted by Crippen LogP contribution is -2.23. The summed E-state index contributed by atoms with van der Waals surface area (Å²) in [6.07, 6.45) is 3.29. The van der Waals surface area contributed by atoms with E-state index in [0.29, 0.717) is 11.3 Å². The number of benzene rings is 2. The summed E-state index contributed by atoms with van der Waals surface area (Å²) in [4.78, 5) is 19.1. The molecular formula is C21H15ClFN3O3S. The first-order chi connectivity index (χ1) is 14.3. The molecule has 9 heteroatoms. The van der Waals surface area contributed by atoms with E-state index >= 15 is 0 Å². The van der Waals surface area contributed by atoms with Gasteiger partial charge in [-0.3, -0.25) is 9.78 Å². The molecule has 2 N–H and O–H groups in total. The van der Waals surface area contributed by atoms with Crippen molar-refractivity contribution in [3.05, 3.63) is 89.1 Å². The molecule has 0 saturated carbocycles. The van der Waals surface area contributed by atoms with Crippen LogP contribution in [0.2, 0.25) is 5.02 Å². The first-order valence-electron chi connectivity index (χ1n) is 8.84. The van der Waals surface area contributed by atoms with Crippen LogP contribution < -0.4 is 5.32 Å². The predicted octanol–water partition coefficient (Wildman–Crippen LogP) is 4.12. The molecule has 1 amide bonds. The van der Waals surface area contributed by atoms with Gasteiger partial charge in [-0.25, -0.2) is 12.8 Å². The van der Waals surface area contributed by atoms with Crippen molar-refractivity contribution in [2.45, 2.75) is 16.3 Å². The first kappa shape index (κ1) is 20.1. The zero-order valence-corrected chi connectivity index (χ0v) is 17.0. The maximum atomic E-state index is 13.5. The molecule has 0 bridgehead atoms. The normalized spacial score (nSPS) is 11.5. The molecule has 4 rings (SSSR count). The lowest BCUT2D eigenvalue weighted by molar-refractivity contribution is 0.0946. The van der Waals surface area contributed by atoms with Gasteiger partial charge in [0.15, 0.2) is 0 Å². The molecule has 0 aliphatic carbocycles. The number of hydrogen-bond donors (Lipinski definition) is 2. The Balaban J connectivity index is 1.48. The van der Waals surface area contributed by atoms with Gasteiger partial charge in [0.1, 0.15) is 11.5 Å². The SMILES string of the molecule is O=C(NCc1ccc(S(=O)(=O)c2cc(F)ccc2Cl)cc1)c1cc2cnccc2[nH]1. The highest BCUT2D eigenvalue weighted by Gasteiger charge is 2.21. The van der Waals surface area contributed by atoms with Crippen molar-refractivity contribution in [1.29, 1.82) is 0 Å². The van der Waals surface area contributed by atoms with Crippen LogP contribution in [0, 0.1) is 5.82 Å². The molecule has 0 aliphatic heterocycles. The van der Waals surface area contributed by atoms with Crippen molar-refractivity contribution < 1.29 is 17.6 Å². The molecule has 0 unspecified atom stereocenters. The van der Waals surface area contributed by atoms with Crippen LogP contribution >= 0.6 is 11.6 Å². The Morgan fingerprint density at radius 1 is 1.10 bits per heavy atom. The maximum Gasteiger partial charge on any atom is 0.267 e. The van der Waals surface area contributed by atoms with E-state index in [1.807, 2.05) is 0 Å². The zero-order chi connectivity index (χ0) is 21.3. The zero-order valence-electron chi connectivity index (χ0n) is 15.4. The molecule has 2 aromatic heterocycles. The summed E-state index contributed by atoms with van der Waals surface area (Å²) in [5, 5.41) is 3.54. The second kappa shape index (κ2) is 7.89. The van der Waals surface area contributed by atoms with Crippen molar-refractivity contribution in [2.24, 2.45) is 0 Å². The van der Waals surface area contributed by atoms with Gasteiger partial charge in [0, 0.05) is 29.8 Å². The third kappa shape index (κ3) is 3.92. The highest BCUT2D eigenvalue weighted by atomic mass is 35.5. The highest BCUT2D eigenvalue weighted by molar-refractivity contribution is 7.91. The first-order valence-corrected chi connectivity index (χ1v) is 10.7. The van der Waals surface area contributed by atoms with Gasteiger partial charge >= 0.3 is 0 Å². The largest absolute Gasteiger partial charge is 0.350 e. The summed E-state index contributed by atoms with van der Waals surface area (Å²) in [7, 11) is -3.97. The van der Waals surface area contributed by atoms with E-state index in [-0.39, 0.29) is 27.3 Å². The fraction of sp³-hybridized carbons (Fsp3) is 0.0476. The predicted molar refractivity (Wildman–Crippen MR) is 111 cm³/mol. The van der Waals surface area contributed by atoms with E-state index in [1.54, 1.807) is 36.7 Å². The number of pyridine rings is 1. The number of amides is 1. The Morgan fingerprint density at radius 2 is 1.87 bits per heavy atom. The molecule has 152 valence electrons. The number of H-pyrrole nitrogens is 1. The Labute approximate surface area is 176 Å². The van der Waals surface area contributed by atoms with Gasteiger partial charge in [-0.15, -0.1) is 0 Å². The van der Waals surface area contributed by atoms with E-state index in [2.05, 4.69) is 15.3 Å². The summed E-state index contributed by atoms with van der Waals surface area (Å²) in [5.74, 6) is -0.987. The summed E-state index contributed by atoms with van der Waals surface area (Å²) in [5.41, 5.74) is 1.91. The fourth-order valence-corrected chi connectivity index (χ4v) is 4.73. The third-order valence-electron chi connectivity index (χ3n) is 4.54. The molecule has 0 fully saturated rings. The highest BCUT2D eigenvalue weighted by Crippen LogP contribution is 2.28. The number of nitrogens with zero attached hydrogens (tertiary/aromatic N) is 1. The van der Waals surface area contributed by atoms with E-state index in [9.17, 15) is 17.6 Å². The summed E-state index contributed by atoms with van der Waals surface area (Å²) < 4.78 is 38.9. The van der Waals surface area contributed by atoms with Gasteiger partial charge in [0.2, 0.25) is 9.84 Å². The molecule has 0 aliphatic rings. The van der Waals surface area contributed by atoms with Gasteiger partial charge in [-0.05, 0) is 48.0 Å². The Kier molecular flexibility index (Phi) is 5.27. The number of carbonyl (C=O) groups excluding carboxylic acids is 1. The molecular weight excluding hydrogens is 429 g/mol. The maximum absolute atomic E-state index is 13.5. The second-order valence-electron chi connectivity index (χ2n) is 6.55.